The Labute approximate surface area is 246 Å². The second-order valence-electron chi connectivity index (χ2n) is 13.2. The van der Waals surface area contributed by atoms with Gasteiger partial charge in [-0.05, 0) is 82.2 Å². The zero-order valence-corrected chi connectivity index (χ0v) is 27.0. The molecule has 0 aromatic carbocycles. The summed E-state index contributed by atoms with van der Waals surface area (Å²) in [6.45, 7) is 21.4. The first-order valence-electron chi connectivity index (χ1n) is 14.6. The maximum atomic E-state index is 13.1. The molecule has 238 valence electrons. The minimum Gasteiger partial charge on any atom is -0.466 e. The maximum Gasteiger partial charge on any atom is 0.410 e. The van der Waals surface area contributed by atoms with Crippen LogP contribution in [0.3, 0.4) is 0 Å². The molecule has 0 atom stereocenters. The zero-order chi connectivity index (χ0) is 31.4. The van der Waals surface area contributed by atoms with Gasteiger partial charge in [0.05, 0.1) is 6.61 Å². The van der Waals surface area contributed by atoms with Crippen molar-refractivity contribution in [1.29, 1.82) is 0 Å². The largest absolute Gasteiger partial charge is 0.466 e. The number of hydrogen-bond donors (Lipinski definition) is 0. The quantitative estimate of drug-likeness (QED) is 0.342. The van der Waals surface area contributed by atoms with Crippen LogP contribution in [0, 0.1) is 0 Å². The molecular formula is C29H54N4O8. The van der Waals surface area contributed by atoms with E-state index in [0.717, 1.165) is 0 Å². The fraction of sp³-hybridized carbons (Fsp3) is 0.862. The van der Waals surface area contributed by atoms with Crippen molar-refractivity contribution < 1.29 is 38.1 Å². The molecule has 1 aliphatic rings. The molecule has 12 nitrogen and oxygen atoms in total. The molecule has 12 heteroatoms. The summed E-state index contributed by atoms with van der Waals surface area (Å²) in [6, 6.07) is 0. The van der Waals surface area contributed by atoms with E-state index in [9.17, 15) is 19.2 Å². The second-order valence-corrected chi connectivity index (χ2v) is 13.2. The SMILES string of the molecule is CCOC(=O)CCCN1CCN(C(=O)OC(C)(C)C)CCN(C(=O)OC(C)(C)C)CCN(C(=O)OC(C)(C)C)CC1. The highest BCUT2D eigenvalue weighted by Crippen LogP contribution is 2.15. The highest BCUT2D eigenvalue weighted by molar-refractivity contribution is 5.70. The number of ether oxygens (including phenoxy) is 4. The third-order valence-corrected chi connectivity index (χ3v) is 5.77. The monoisotopic (exact) mass is 586 g/mol. The van der Waals surface area contributed by atoms with Gasteiger partial charge in [0.15, 0.2) is 0 Å². The van der Waals surface area contributed by atoms with Gasteiger partial charge >= 0.3 is 24.2 Å². The fourth-order valence-electron chi connectivity index (χ4n) is 3.89. The first kappa shape index (κ1) is 36.3. The summed E-state index contributed by atoms with van der Waals surface area (Å²) >= 11 is 0. The van der Waals surface area contributed by atoms with Gasteiger partial charge in [-0.3, -0.25) is 9.69 Å². The van der Waals surface area contributed by atoms with Gasteiger partial charge in [-0.15, -0.1) is 0 Å². The lowest BCUT2D eigenvalue weighted by molar-refractivity contribution is -0.143. The molecule has 1 fully saturated rings. The van der Waals surface area contributed by atoms with Crippen molar-refractivity contribution in [3.8, 4) is 0 Å². The minimum absolute atomic E-state index is 0.194. The molecule has 0 aliphatic carbocycles. The standard InChI is InChI=1S/C29H54N4O8/c1-11-38-23(34)13-12-14-30-15-17-31(24(35)39-27(2,3)4)19-21-33(26(37)41-29(8,9)10)22-20-32(18-16-30)25(36)40-28(5,6)7/h11-22H2,1-10H3. The van der Waals surface area contributed by atoms with E-state index >= 15 is 0 Å². The molecule has 1 aliphatic heterocycles. The van der Waals surface area contributed by atoms with Gasteiger partial charge in [-0.2, -0.15) is 0 Å². The number of nitrogens with zero attached hydrogens (tertiary/aromatic N) is 4. The van der Waals surface area contributed by atoms with E-state index in [-0.39, 0.29) is 38.6 Å². The van der Waals surface area contributed by atoms with Crippen molar-refractivity contribution in [3.05, 3.63) is 0 Å². The summed E-state index contributed by atoms with van der Waals surface area (Å²) in [5, 5.41) is 0. The van der Waals surface area contributed by atoms with Crippen molar-refractivity contribution in [2.24, 2.45) is 0 Å². The van der Waals surface area contributed by atoms with E-state index in [4.69, 9.17) is 18.9 Å². The number of rotatable bonds is 5. The van der Waals surface area contributed by atoms with Crippen molar-refractivity contribution in [1.82, 2.24) is 19.6 Å². The van der Waals surface area contributed by atoms with Crippen LogP contribution in [0.4, 0.5) is 14.4 Å². The molecule has 0 aromatic rings. The molecule has 0 bridgehead atoms. The number of amides is 3. The molecule has 0 radical (unpaired) electrons. The van der Waals surface area contributed by atoms with E-state index < -0.39 is 35.1 Å². The number of hydrogen-bond acceptors (Lipinski definition) is 9. The average Bonchev–Trinajstić information content (AvgIpc) is 2.77. The summed E-state index contributed by atoms with van der Waals surface area (Å²) < 4.78 is 22.0. The first-order valence-corrected chi connectivity index (χ1v) is 14.6. The molecule has 1 saturated heterocycles. The second kappa shape index (κ2) is 16.0. The molecule has 3 amide bonds. The van der Waals surface area contributed by atoms with Gasteiger partial charge in [0.1, 0.15) is 16.8 Å². The van der Waals surface area contributed by atoms with E-state index in [1.165, 1.54) is 4.90 Å². The molecule has 1 heterocycles. The molecule has 0 aromatic heterocycles. The minimum atomic E-state index is -0.708. The highest BCUT2D eigenvalue weighted by Gasteiger charge is 2.29. The molecule has 41 heavy (non-hydrogen) atoms. The van der Waals surface area contributed by atoms with Gasteiger partial charge in [0.2, 0.25) is 0 Å². The topological polar surface area (TPSA) is 118 Å². The lowest BCUT2D eigenvalue weighted by Crippen LogP contribution is -2.51. The van der Waals surface area contributed by atoms with Crippen LogP contribution < -0.4 is 0 Å². The molecule has 0 spiro atoms. The third-order valence-electron chi connectivity index (χ3n) is 5.77. The Morgan fingerprint density at radius 2 is 0.878 bits per heavy atom. The van der Waals surface area contributed by atoms with Gasteiger partial charge in [-0.25, -0.2) is 14.4 Å². The van der Waals surface area contributed by atoms with Gasteiger partial charge in [0, 0.05) is 58.8 Å². The van der Waals surface area contributed by atoms with Crippen LogP contribution in [-0.4, -0.2) is 126 Å². The molecule has 1 rings (SSSR count). The van der Waals surface area contributed by atoms with Crippen LogP contribution in [0.2, 0.25) is 0 Å². The van der Waals surface area contributed by atoms with Crippen LogP contribution in [0.15, 0.2) is 0 Å². The molecule has 0 saturated carbocycles. The molecule has 0 unspecified atom stereocenters. The van der Waals surface area contributed by atoms with Gasteiger partial charge in [0.25, 0.3) is 0 Å². The lowest BCUT2D eigenvalue weighted by atomic mass is 10.2. The predicted molar refractivity (Wildman–Crippen MR) is 156 cm³/mol. The van der Waals surface area contributed by atoms with Crippen LogP contribution in [-0.2, 0) is 23.7 Å². The van der Waals surface area contributed by atoms with Crippen LogP contribution in [0.5, 0.6) is 0 Å². The van der Waals surface area contributed by atoms with Crippen LogP contribution in [0.25, 0.3) is 0 Å². The maximum absolute atomic E-state index is 13.1. The van der Waals surface area contributed by atoms with Crippen molar-refractivity contribution in [2.75, 3.05) is 65.5 Å². The van der Waals surface area contributed by atoms with Crippen LogP contribution in [0.1, 0.15) is 82.1 Å². The summed E-state index contributed by atoms with van der Waals surface area (Å²) in [7, 11) is 0. The van der Waals surface area contributed by atoms with E-state index in [0.29, 0.717) is 45.8 Å². The van der Waals surface area contributed by atoms with Crippen LogP contribution >= 0.6 is 0 Å². The smallest absolute Gasteiger partial charge is 0.410 e. The highest BCUT2D eigenvalue weighted by atomic mass is 16.6. The molecule has 0 N–H and O–H groups in total. The number of carbonyl (C=O) groups is 4. The zero-order valence-electron chi connectivity index (χ0n) is 27.0. The fourth-order valence-corrected chi connectivity index (χ4v) is 3.89. The van der Waals surface area contributed by atoms with Crippen molar-refractivity contribution in [2.45, 2.75) is 98.9 Å². The summed E-state index contributed by atoms with van der Waals surface area (Å²) in [5.41, 5.74) is -2.07. The van der Waals surface area contributed by atoms with E-state index in [1.807, 2.05) is 0 Å². The van der Waals surface area contributed by atoms with Crippen molar-refractivity contribution >= 4 is 24.2 Å². The first-order chi connectivity index (χ1) is 18.8. The Balaban J connectivity index is 3.22. The number of carbonyl (C=O) groups excluding carboxylic acids is 4. The molecular weight excluding hydrogens is 532 g/mol. The van der Waals surface area contributed by atoms with Crippen molar-refractivity contribution in [3.63, 3.8) is 0 Å². The van der Waals surface area contributed by atoms with Gasteiger partial charge < -0.3 is 33.6 Å². The predicted octanol–water partition coefficient (Wildman–Crippen LogP) is 4.36. The lowest BCUT2D eigenvalue weighted by Gasteiger charge is -2.35. The summed E-state index contributed by atoms with van der Waals surface area (Å²) in [6.07, 6.45) is -0.616. The van der Waals surface area contributed by atoms with Gasteiger partial charge in [-0.1, -0.05) is 0 Å². The Morgan fingerprint density at radius 3 is 1.17 bits per heavy atom. The Kier molecular flexibility index (Phi) is 14.2. The normalized spacial score (nSPS) is 16.8. The third kappa shape index (κ3) is 16.3. The van der Waals surface area contributed by atoms with E-state index in [1.54, 1.807) is 79.0 Å². The average molecular weight is 587 g/mol. The summed E-state index contributed by atoms with van der Waals surface area (Å²) in [5.74, 6) is -0.255. The number of esters is 1. The Morgan fingerprint density at radius 1 is 0.561 bits per heavy atom. The Hall–Kier alpha value is -2.76. The summed E-state index contributed by atoms with van der Waals surface area (Å²) in [4.78, 5) is 58.0. The Bertz CT molecular complexity index is 816. The van der Waals surface area contributed by atoms with E-state index in [2.05, 4.69) is 4.90 Å².